The Hall–Kier alpha value is -3.15. The molecule has 3 aromatic rings. The highest BCUT2D eigenvalue weighted by molar-refractivity contribution is 5.94. The number of benzene rings is 2. The zero-order chi connectivity index (χ0) is 23.9. The zero-order valence-corrected chi connectivity index (χ0v) is 19.5. The van der Waals surface area contributed by atoms with Crippen LogP contribution in [0.2, 0.25) is 0 Å². The minimum absolute atomic E-state index is 0.0103. The number of carbonyl (C=O) groups is 1. The molecule has 5 nitrogen and oxygen atoms in total. The van der Waals surface area contributed by atoms with E-state index in [1.165, 1.54) is 0 Å². The van der Waals surface area contributed by atoms with Crippen LogP contribution in [0.1, 0.15) is 84.3 Å². The molecule has 0 radical (unpaired) electrons. The minimum atomic E-state index is -1.17. The Balaban J connectivity index is 1.80. The first-order valence-corrected chi connectivity index (χ1v) is 11.4. The van der Waals surface area contributed by atoms with Gasteiger partial charge in [0.2, 0.25) is 0 Å². The van der Waals surface area contributed by atoms with Crippen molar-refractivity contribution in [2.24, 2.45) is 0 Å². The third kappa shape index (κ3) is 4.52. The summed E-state index contributed by atoms with van der Waals surface area (Å²) in [6.07, 6.45) is 2.18. The maximum atomic E-state index is 14.4. The molecule has 6 heteroatoms. The third-order valence-corrected chi connectivity index (χ3v) is 6.82. The van der Waals surface area contributed by atoms with Gasteiger partial charge in [0.15, 0.2) is 5.43 Å². The molecule has 1 unspecified atom stereocenters. The molecule has 0 saturated heterocycles. The highest BCUT2D eigenvalue weighted by Crippen LogP contribution is 2.41. The number of aromatic carboxylic acids is 1. The van der Waals surface area contributed by atoms with Crippen molar-refractivity contribution in [3.63, 3.8) is 0 Å². The maximum Gasteiger partial charge on any atom is 0.337 e. The number of hydrogen-bond acceptors (Lipinski definition) is 4. The lowest BCUT2D eigenvalue weighted by atomic mass is 9.79. The van der Waals surface area contributed by atoms with Gasteiger partial charge in [-0.25, -0.2) is 9.18 Å². The van der Waals surface area contributed by atoms with Crippen molar-refractivity contribution in [3.05, 3.63) is 74.6 Å². The first-order valence-electron chi connectivity index (χ1n) is 11.4. The van der Waals surface area contributed by atoms with Crippen LogP contribution in [0.15, 0.2) is 45.6 Å². The molecule has 2 aromatic carbocycles. The fourth-order valence-corrected chi connectivity index (χ4v) is 4.88. The lowest BCUT2D eigenvalue weighted by molar-refractivity contribution is 0.0698. The third-order valence-electron chi connectivity index (χ3n) is 6.82. The quantitative estimate of drug-likeness (QED) is 0.453. The summed E-state index contributed by atoms with van der Waals surface area (Å²) in [4.78, 5) is 24.9. The normalized spacial score (nSPS) is 21.7. The molecule has 0 bridgehead atoms. The Morgan fingerprint density at radius 1 is 1.21 bits per heavy atom. The predicted molar refractivity (Wildman–Crippen MR) is 128 cm³/mol. The van der Waals surface area contributed by atoms with Crippen LogP contribution in [0.3, 0.4) is 0 Å². The number of nitrogens with one attached hydrogen (secondary N) is 1. The van der Waals surface area contributed by atoms with E-state index in [1.807, 2.05) is 26.0 Å². The van der Waals surface area contributed by atoms with Crippen molar-refractivity contribution in [2.75, 3.05) is 5.32 Å². The van der Waals surface area contributed by atoms with Gasteiger partial charge in [0, 0.05) is 22.7 Å². The van der Waals surface area contributed by atoms with E-state index < -0.39 is 11.6 Å². The van der Waals surface area contributed by atoms with Gasteiger partial charge in [-0.2, -0.15) is 0 Å². The molecular formula is C27H30FNO4. The summed E-state index contributed by atoms with van der Waals surface area (Å²) in [5, 5.41) is 13.3. The summed E-state index contributed by atoms with van der Waals surface area (Å²) in [5.41, 5.74) is 2.24. The van der Waals surface area contributed by atoms with E-state index in [-0.39, 0.29) is 23.0 Å². The summed E-state index contributed by atoms with van der Waals surface area (Å²) in [6.45, 7) is 7.26. The molecule has 0 aliphatic heterocycles. The standard InChI is InChI=1S/C27H30FNO4/c1-15-13-20(17(3)29-22-8-6-5-7-19(22)26(31)32)25-21(14-15)23(30)16(2)24(33-25)18-9-11-27(4,28)12-10-18/h5-8,13-14,17-18,29H,9-12H2,1-4H3,(H,31,32). The molecular weight excluding hydrogens is 421 g/mol. The van der Waals surface area contributed by atoms with Crippen LogP contribution in [-0.2, 0) is 0 Å². The van der Waals surface area contributed by atoms with Crippen molar-refractivity contribution in [1.82, 2.24) is 0 Å². The summed E-state index contributed by atoms with van der Waals surface area (Å²) >= 11 is 0. The number of anilines is 1. The summed E-state index contributed by atoms with van der Waals surface area (Å²) in [5.74, 6) is -0.358. The van der Waals surface area contributed by atoms with E-state index in [2.05, 4.69) is 5.32 Å². The summed E-state index contributed by atoms with van der Waals surface area (Å²) in [6, 6.07) is 10.2. The largest absolute Gasteiger partial charge is 0.478 e. The fraction of sp³-hybridized carbons (Fsp3) is 0.407. The van der Waals surface area contributed by atoms with E-state index in [0.717, 1.165) is 11.1 Å². The predicted octanol–water partition coefficient (Wildman–Crippen LogP) is 6.67. The number of aryl methyl sites for hydroxylation is 1. The molecule has 1 fully saturated rings. The molecule has 1 aliphatic carbocycles. The molecule has 1 saturated carbocycles. The Morgan fingerprint density at radius 2 is 1.88 bits per heavy atom. The number of carboxylic acid groups (broad SMARTS) is 1. The van der Waals surface area contributed by atoms with Gasteiger partial charge in [0.25, 0.3) is 0 Å². The van der Waals surface area contributed by atoms with Crippen LogP contribution in [0.4, 0.5) is 10.1 Å². The van der Waals surface area contributed by atoms with Gasteiger partial charge in [0.1, 0.15) is 17.0 Å². The lowest BCUT2D eigenvalue weighted by Gasteiger charge is -2.31. The monoisotopic (exact) mass is 451 g/mol. The molecule has 174 valence electrons. The Labute approximate surface area is 192 Å². The average molecular weight is 452 g/mol. The van der Waals surface area contributed by atoms with Gasteiger partial charge in [-0.3, -0.25) is 4.79 Å². The minimum Gasteiger partial charge on any atom is -0.478 e. The molecule has 0 amide bonds. The first-order chi connectivity index (χ1) is 15.6. The SMILES string of the molecule is Cc1cc(C(C)Nc2ccccc2C(=O)O)c2oc(C3CCC(C)(F)CC3)c(C)c(=O)c2c1. The van der Waals surface area contributed by atoms with Crippen LogP contribution in [0.5, 0.6) is 0 Å². The van der Waals surface area contributed by atoms with Crippen LogP contribution in [-0.4, -0.2) is 16.7 Å². The first kappa shape index (κ1) is 23.0. The van der Waals surface area contributed by atoms with Gasteiger partial charge in [-0.15, -0.1) is 0 Å². The Bertz CT molecular complexity index is 1270. The van der Waals surface area contributed by atoms with Crippen molar-refractivity contribution in [1.29, 1.82) is 0 Å². The van der Waals surface area contributed by atoms with E-state index in [1.54, 1.807) is 38.1 Å². The van der Waals surface area contributed by atoms with Crippen molar-refractivity contribution < 1.29 is 18.7 Å². The van der Waals surface area contributed by atoms with E-state index in [0.29, 0.717) is 53.7 Å². The van der Waals surface area contributed by atoms with Gasteiger partial charge in [-0.05, 0) is 77.1 Å². The number of carboxylic acids is 1. The summed E-state index contributed by atoms with van der Waals surface area (Å²) < 4.78 is 20.8. The van der Waals surface area contributed by atoms with Gasteiger partial charge in [-0.1, -0.05) is 18.2 Å². The number of hydrogen-bond donors (Lipinski definition) is 2. The lowest BCUT2D eigenvalue weighted by Crippen LogP contribution is -2.26. The molecule has 1 atom stereocenters. The van der Waals surface area contributed by atoms with Gasteiger partial charge in [0.05, 0.1) is 17.0 Å². The molecule has 33 heavy (non-hydrogen) atoms. The maximum absolute atomic E-state index is 14.4. The van der Waals surface area contributed by atoms with E-state index in [4.69, 9.17) is 4.42 Å². The zero-order valence-electron chi connectivity index (χ0n) is 19.5. The second-order valence-electron chi connectivity index (χ2n) is 9.56. The second kappa shape index (κ2) is 8.65. The fourth-order valence-electron chi connectivity index (χ4n) is 4.88. The topological polar surface area (TPSA) is 79.5 Å². The van der Waals surface area contributed by atoms with Crippen LogP contribution in [0, 0.1) is 13.8 Å². The highest BCUT2D eigenvalue weighted by atomic mass is 19.1. The molecule has 1 aliphatic rings. The Kier molecular flexibility index (Phi) is 6.04. The van der Waals surface area contributed by atoms with Crippen LogP contribution in [0.25, 0.3) is 11.0 Å². The molecule has 0 spiro atoms. The van der Waals surface area contributed by atoms with Crippen LogP contribution < -0.4 is 10.7 Å². The van der Waals surface area contributed by atoms with Gasteiger partial charge >= 0.3 is 5.97 Å². The molecule has 1 aromatic heterocycles. The van der Waals surface area contributed by atoms with E-state index >= 15 is 0 Å². The van der Waals surface area contributed by atoms with Crippen molar-refractivity contribution >= 4 is 22.6 Å². The number of para-hydroxylation sites is 1. The molecule has 1 heterocycles. The molecule has 4 rings (SSSR count). The number of fused-ring (bicyclic) bond motifs is 1. The van der Waals surface area contributed by atoms with Crippen LogP contribution >= 0.6 is 0 Å². The highest BCUT2D eigenvalue weighted by Gasteiger charge is 2.34. The van der Waals surface area contributed by atoms with E-state index in [9.17, 15) is 19.1 Å². The smallest absolute Gasteiger partial charge is 0.337 e. The second-order valence-corrected chi connectivity index (χ2v) is 9.56. The van der Waals surface area contributed by atoms with Crippen molar-refractivity contribution in [3.8, 4) is 0 Å². The number of alkyl halides is 1. The number of halogens is 1. The number of rotatable bonds is 5. The van der Waals surface area contributed by atoms with Gasteiger partial charge < -0.3 is 14.8 Å². The Morgan fingerprint density at radius 3 is 2.55 bits per heavy atom. The average Bonchev–Trinajstić information content (AvgIpc) is 2.76. The summed E-state index contributed by atoms with van der Waals surface area (Å²) in [7, 11) is 0. The van der Waals surface area contributed by atoms with Crippen molar-refractivity contribution in [2.45, 2.75) is 71.0 Å². The molecule has 2 N–H and O–H groups in total.